The van der Waals surface area contributed by atoms with Crippen LogP contribution in [-0.4, -0.2) is 20.9 Å². The van der Waals surface area contributed by atoms with E-state index in [1.54, 1.807) is 0 Å². The van der Waals surface area contributed by atoms with Gasteiger partial charge in [0.25, 0.3) is 0 Å². The van der Waals surface area contributed by atoms with Gasteiger partial charge in [-0.05, 0) is 48.9 Å². The minimum Gasteiger partial charge on any atom is -0.324 e. The van der Waals surface area contributed by atoms with Gasteiger partial charge in [-0.15, -0.1) is 0 Å². The highest BCUT2D eigenvalue weighted by molar-refractivity contribution is 7.89. The number of sulfonamides is 1. The van der Waals surface area contributed by atoms with Crippen LogP contribution in [0.5, 0.6) is 0 Å². The number of carbonyl (C=O) groups is 1. The summed E-state index contributed by atoms with van der Waals surface area (Å²) in [6.45, 7) is 0.962. The Balaban J connectivity index is 2.05. The third-order valence-corrected chi connectivity index (χ3v) is 5.16. The topological polar surface area (TPSA) is 75.3 Å². The van der Waals surface area contributed by atoms with E-state index in [2.05, 4.69) is 10.0 Å². The Morgan fingerprint density at radius 2 is 1.88 bits per heavy atom. The molecule has 0 spiro atoms. The van der Waals surface area contributed by atoms with Crippen LogP contribution in [-0.2, 0) is 14.8 Å². The molecule has 0 radical (unpaired) electrons. The fourth-order valence-corrected chi connectivity index (χ4v) is 3.60. The molecule has 0 bridgehead atoms. The first-order valence-electron chi connectivity index (χ1n) is 6.70. The number of nitrogens with one attached hydrogen (secondary N) is 2. The summed E-state index contributed by atoms with van der Waals surface area (Å²) in [6.07, 6.45) is 0. The van der Waals surface area contributed by atoms with Crippen molar-refractivity contribution < 1.29 is 17.6 Å². The van der Waals surface area contributed by atoms with Crippen LogP contribution in [0.1, 0.15) is 5.56 Å². The molecule has 0 aliphatic rings. The molecule has 24 heavy (non-hydrogen) atoms. The van der Waals surface area contributed by atoms with E-state index < -0.39 is 28.3 Å². The Labute approximate surface area is 148 Å². The summed E-state index contributed by atoms with van der Waals surface area (Å²) < 4.78 is 39.6. The first kappa shape index (κ1) is 18.7. The smallest absolute Gasteiger partial charge is 0.241 e. The number of anilines is 1. The fraction of sp³-hybridized carbons (Fsp3) is 0.133. The van der Waals surface area contributed by atoms with Crippen molar-refractivity contribution in [2.45, 2.75) is 11.8 Å². The molecule has 2 aromatic carbocycles. The molecule has 0 saturated heterocycles. The zero-order valence-electron chi connectivity index (χ0n) is 12.4. The SMILES string of the molecule is Cc1cc(F)ccc1S(=O)(=O)NCC(=O)Nc1ccc(Cl)cc1Cl. The maximum Gasteiger partial charge on any atom is 0.241 e. The lowest BCUT2D eigenvalue weighted by molar-refractivity contribution is -0.115. The number of amides is 1. The largest absolute Gasteiger partial charge is 0.324 e. The molecule has 0 saturated carbocycles. The van der Waals surface area contributed by atoms with Crippen LogP contribution in [0, 0.1) is 12.7 Å². The highest BCUT2D eigenvalue weighted by Crippen LogP contribution is 2.25. The second kappa shape index (κ2) is 7.48. The lowest BCUT2D eigenvalue weighted by Gasteiger charge is -2.10. The molecule has 0 aliphatic heterocycles. The quantitative estimate of drug-likeness (QED) is 0.821. The van der Waals surface area contributed by atoms with Crippen molar-refractivity contribution in [1.82, 2.24) is 4.72 Å². The summed E-state index contributed by atoms with van der Waals surface area (Å²) in [5, 5.41) is 3.11. The normalized spacial score (nSPS) is 11.3. The Bertz CT molecular complexity index is 888. The van der Waals surface area contributed by atoms with Gasteiger partial charge in [-0.2, -0.15) is 0 Å². The van der Waals surface area contributed by atoms with Crippen LogP contribution < -0.4 is 10.0 Å². The van der Waals surface area contributed by atoms with Gasteiger partial charge in [-0.3, -0.25) is 4.79 Å². The van der Waals surface area contributed by atoms with Crippen LogP contribution in [0.15, 0.2) is 41.3 Å². The molecular formula is C15H13Cl2FN2O3S. The summed E-state index contributed by atoms with van der Waals surface area (Å²) in [6, 6.07) is 7.76. The van der Waals surface area contributed by atoms with E-state index in [0.717, 1.165) is 18.2 Å². The van der Waals surface area contributed by atoms with Crippen molar-refractivity contribution in [3.05, 3.63) is 57.8 Å². The standard InChI is InChI=1S/C15H13Cl2FN2O3S/c1-9-6-11(18)3-5-14(9)24(22,23)19-8-15(21)20-13-4-2-10(16)7-12(13)17/h2-7,19H,8H2,1H3,(H,20,21). The van der Waals surface area contributed by atoms with Gasteiger partial charge in [0.1, 0.15) is 5.82 Å². The summed E-state index contributed by atoms with van der Waals surface area (Å²) in [5.74, 6) is -1.15. The van der Waals surface area contributed by atoms with Gasteiger partial charge in [0.15, 0.2) is 0 Å². The average Bonchev–Trinajstić information content (AvgIpc) is 2.48. The van der Waals surface area contributed by atoms with Gasteiger partial charge in [0.05, 0.1) is 22.2 Å². The lowest BCUT2D eigenvalue weighted by atomic mass is 10.2. The highest BCUT2D eigenvalue weighted by atomic mass is 35.5. The van der Waals surface area contributed by atoms with Gasteiger partial charge in [0.2, 0.25) is 15.9 Å². The zero-order valence-corrected chi connectivity index (χ0v) is 14.8. The van der Waals surface area contributed by atoms with Crippen LogP contribution in [0.3, 0.4) is 0 Å². The van der Waals surface area contributed by atoms with Crippen LogP contribution in [0.25, 0.3) is 0 Å². The third kappa shape index (κ3) is 4.67. The first-order valence-corrected chi connectivity index (χ1v) is 8.93. The molecule has 0 aliphatic carbocycles. The fourth-order valence-electron chi connectivity index (χ4n) is 1.94. The van der Waals surface area contributed by atoms with E-state index in [4.69, 9.17) is 23.2 Å². The number of carbonyl (C=O) groups excluding carboxylic acids is 1. The monoisotopic (exact) mass is 390 g/mol. The predicted octanol–water partition coefficient (Wildman–Crippen LogP) is 3.36. The van der Waals surface area contributed by atoms with E-state index in [1.807, 2.05) is 0 Å². The summed E-state index contributed by atoms with van der Waals surface area (Å²) in [4.78, 5) is 11.8. The Morgan fingerprint density at radius 3 is 2.50 bits per heavy atom. The summed E-state index contributed by atoms with van der Waals surface area (Å²) in [5.41, 5.74) is 0.548. The molecule has 0 atom stereocenters. The minimum atomic E-state index is -3.94. The second-order valence-corrected chi connectivity index (χ2v) is 7.49. The van der Waals surface area contributed by atoms with Gasteiger partial charge in [-0.25, -0.2) is 17.5 Å². The predicted molar refractivity (Wildman–Crippen MR) is 91.4 cm³/mol. The van der Waals surface area contributed by atoms with E-state index in [-0.39, 0.29) is 15.5 Å². The molecule has 2 aromatic rings. The molecule has 0 fully saturated rings. The molecule has 0 heterocycles. The molecule has 2 rings (SSSR count). The zero-order chi connectivity index (χ0) is 17.9. The van der Waals surface area contributed by atoms with E-state index >= 15 is 0 Å². The number of rotatable bonds is 5. The number of hydrogen-bond acceptors (Lipinski definition) is 3. The highest BCUT2D eigenvalue weighted by Gasteiger charge is 2.18. The van der Waals surface area contributed by atoms with E-state index in [1.165, 1.54) is 25.1 Å². The van der Waals surface area contributed by atoms with Gasteiger partial charge in [0, 0.05) is 5.02 Å². The molecule has 128 valence electrons. The minimum absolute atomic E-state index is 0.0961. The molecule has 0 aromatic heterocycles. The van der Waals surface area contributed by atoms with E-state index in [0.29, 0.717) is 10.7 Å². The number of hydrogen-bond donors (Lipinski definition) is 2. The summed E-state index contributed by atoms with van der Waals surface area (Å²) >= 11 is 11.7. The van der Waals surface area contributed by atoms with Crippen molar-refractivity contribution in [3.8, 4) is 0 Å². The number of benzene rings is 2. The Kier molecular flexibility index (Phi) is 5.82. The van der Waals surface area contributed by atoms with Crippen LogP contribution in [0.2, 0.25) is 10.0 Å². The van der Waals surface area contributed by atoms with Crippen molar-refractivity contribution >= 4 is 44.8 Å². The molecule has 9 heteroatoms. The van der Waals surface area contributed by atoms with Gasteiger partial charge < -0.3 is 5.32 Å². The molecular weight excluding hydrogens is 378 g/mol. The molecule has 1 amide bonds. The Morgan fingerprint density at radius 1 is 1.17 bits per heavy atom. The van der Waals surface area contributed by atoms with Gasteiger partial charge in [-0.1, -0.05) is 23.2 Å². The molecule has 5 nitrogen and oxygen atoms in total. The Hall–Kier alpha value is -1.67. The van der Waals surface area contributed by atoms with Crippen molar-refractivity contribution in [2.24, 2.45) is 0 Å². The van der Waals surface area contributed by atoms with Crippen LogP contribution >= 0.6 is 23.2 Å². The number of halogens is 3. The average molecular weight is 391 g/mol. The first-order chi connectivity index (χ1) is 11.2. The lowest BCUT2D eigenvalue weighted by Crippen LogP contribution is -2.33. The molecule has 2 N–H and O–H groups in total. The maximum atomic E-state index is 13.1. The van der Waals surface area contributed by atoms with E-state index in [9.17, 15) is 17.6 Å². The molecule has 0 unspecified atom stereocenters. The van der Waals surface area contributed by atoms with Crippen molar-refractivity contribution in [2.75, 3.05) is 11.9 Å². The van der Waals surface area contributed by atoms with Crippen LogP contribution in [0.4, 0.5) is 10.1 Å². The van der Waals surface area contributed by atoms with Crippen molar-refractivity contribution in [1.29, 1.82) is 0 Å². The maximum absolute atomic E-state index is 13.1. The second-order valence-electron chi connectivity index (χ2n) is 4.91. The third-order valence-electron chi connectivity index (χ3n) is 3.05. The summed E-state index contributed by atoms with van der Waals surface area (Å²) in [7, 11) is -3.94. The van der Waals surface area contributed by atoms with Gasteiger partial charge >= 0.3 is 0 Å². The van der Waals surface area contributed by atoms with Crippen molar-refractivity contribution in [3.63, 3.8) is 0 Å². The number of aryl methyl sites for hydroxylation is 1.